The Hall–Kier alpha value is -1.32. The van der Waals surface area contributed by atoms with Gasteiger partial charge in [-0.25, -0.2) is 4.98 Å². The third-order valence-electron chi connectivity index (χ3n) is 4.10. The lowest BCUT2D eigenvalue weighted by molar-refractivity contribution is 0.474. The molecule has 0 saturated heterocycles. The highest BCUT2D eigenvalue weighted by Crippen LogP contribution is 2.36. The number of aromatic nitrogens is 1. The summed E-state index contributed by atoms with van der Waals surface area (Å²) in [5.74, 6) is 0.875. The maximum Gasteiger partial charge on any atom is 0.151 e. The van der Waals surface area contributed by atoms with Crippen LogP contribution in [-0.2, 0) is 5.75 Å². The summed E-state index contributed by atoms with van der Waals surface area (Å²) in [4.78, 5) is 9.18. The first kappa shape index (κ1) is 20.9. The Bertz CT molecular complexity index is 1210. The van der Waals surface area contributed by atoms with E-state index in [4.69, 9.17) is 23.2 Å². The van der Waals surface area contributed by atoms with Crippen LogP contribution in [0.25, 0.3) is 10.2 Å². The van der Waals surface area contributed by atoms with Crippen LogP contribution in [0.15, 0.2) is 63.9 Å². The summed E-state index contributed by atoms with van der Waals surface area (Å²) < 4.78 is 3.05. The van der Waals surface area contributed by atoms with Crippen LogP contribution in [0, 0.1) is 3.57 Å². The van der Waals surface area contributed by atoms with Gasteiger partial charge in [-0.05, 0) is 76.7 Å². The van der Waals surface area contributed by atoms with Crippen LogP contribution in [0.2, 0.25) is 10.0 Å². The number of fused-ring (bicyclic) bond motifs is 1. The molecule has 3 nitrogen and oxygen atoms in total. The molecule has 0 atom stereocenters. The lowest BCUT2D eigenvalue weighted by atomic mass is 10.2. The summed E-state index contributed by atoms with van der Waals surface area (Å²) in [5.41, 5.74) is 3.35. The first-order valence-corrected chi connectivity index (χ1v) is 12.1. The fourth-order valence-corrected chi connectivity index (χ4v) is 5.97. The first-order valence-electron chi connectivity index (χ1n) is 8.48. The maximum absolute atomic E-state index is 9.96. The first-order chi connectivity index (χ1) is 14.0. The van der Waals surface area contributed by atoms with Crippen LogP contribution in [-0.4, -0.2) is 16.3 Å². The minimum absolute atomic E-state index is 0.213. The van der Waals surface area contributed by atoms with Gasteiger partial charge in [0.2, 0.25) is 0 Å². The van der Waals surface area contributed by atoms with E-state index in [-0.39, 0.29) is 5.75 Å². The van der Waals surface area contributed by atoms with Crippen molar-refractivity contribution in [2.45, 2.75) is 10.1 Å². The number of halogens is 3. The number of phenolic OH excluding ortho intramolecular Hbond substituents is 1. The van der Waals surface area contributed by atoms with Gasteiger partial charge in [0.15, 0.2) is 4.34 Å². The number of thiazole rings is 1. The Morgan fingerprint density at radius 1 is 1.10 bits per heavy atom. The molecule has 0 saturated carbocycles. The number of hydrogen-bond donors (Lipinski definition) is 1. The maximum atomic E-state index is 9.96. The van der Waals surface area contributed by atoms with Crippen LogP contribution >= 0.6 is 68.9 Å². The highest BCUT2D eigenvalue weighted by atomic mass is 127. The molecular formula is C21H13Cl2IN2OS2. The van der Waals surface area contributed by atoms with Crippen molar-refractivity contribution in [2.75, 3.05) is 0 Å². The van der Waals surface area contributed by atoms with E-state index >= 15 is 0 Å². The summed E-state index contributed by atoms with van der Waals surface area (Å²) >= 11 is 17.9. The van der Waals surface area contributed by atoms with Crippen molar-refractivity contribution >= 4 is 91.0 Å². The number of aliphatic imine (C=N–C) groups is 1. The summed E-state index contributed by atoms with van der Waals surface area (Å²) in [6, 6.07) is 16.8. The van der Waals surface area contributed by atoms with Crippen LogP contribution < -0.4 is 0 Å². The number of benzene rings is 3. The molecule has 1 N–H and O–H groups in total. The Kier molecular flexibility index (Phi) is 6.66. The van der Waals surface area contributed by atoms with Crippen molar-refractivity contribution < 1.29 is 5.11 Å². The number of thioether (sulfide) groups is 1. The van der Waals surface area contributed by atoms with Gasteiger partial charge in [0.05, 0.1) is 15.9 Å². The fourth-order valence-electron chi connectivity index (χ4n) is 2.61. The zero-order valence-electron chi connectivity index (χ0n) is 14.8. The summed E-state index contributed by atoms with van der Waals surface area (Å²) in [6.07, 6.45) is 1.68. The molecule has 0 bridgehead atoms. The van der Waals surface area contributed by atoms with Crippen LogP contribution in [0.5, 0.6) is 5.75 Å². The van der Waals surface area contributed by atoms with Crippen LogP contribution in [0.3, 0.4) is 0 Å². The van der Waals surface area contributed by atoms with E-state index in [1.807, 2.05) is 48.5 Å². The summed E-state index contributed by atoms with van der Waals surface area (Å²) in [6.45, 7) is 0. The van der Waals surface area contributed by atoms with Crippen molar-refractivity contribution in [3.8, 4) is 5.75 Å². The molecular weight excluding hydrogens is 558 g/mol. The molecule has 0 radical (unpaired) electrons. The Morgan fingerprint density at radius 2 is 1.90 bits per heavy atom. The van der Waals surface area contributed by atoms with Gasteiger partial charge >= 0.3 is 0 Å². The van der Waals surface area contributed by atoms with Crippen molar-refractivity contribution in [3.05, 3.63) is 79.3 Å². The zero-order valence-corrected chi connectivity index (χ0v) is 20.1. The van der Waals surface area contributed by atoms with Crippen molar-refractivity contribution in [1.29, 1.82) is 0 Å². The third kappa shape index (κ3) is 5.06. The molecule has 146 valence electrons. The van der Waals surface area contributed by atoms with Crippen LogP contribution in [0.4, 0.5) is 5.69 Å². The van der Waals surface area contributed by atoms with E-state index < -0.39 is 0 Å². The molecule has 0 fully saturated rings. The minimum Gasteiger partial charge on any atom is -0.507 e. The SMILES string of the molecule is Oc1ccc(I)cc1C=Nc1ccc2nc(SCc3c(Cl)cccc3Cl)sc2c1. The predicted molar refractivity (Wildman–Crippen MR) is 134 cm³/mol. The van der Waals surface area contributed by atoms with Crippen molar-refractivity contribution in [3.63, 3.8) is 0 Å². The number of aromatic hydroxyl groups is 1. The van der Waals surface area contributed by atoms with Gasteiger partial charge in [-0.2, -0.15) is 0 Å². The quantitative estimate of drug-likeness (QED) is 0.150. The smallest absolute Gasteiger partial charge is 0.151 e. The summed E-state index contributed by atoms with van der Waals surface area (Å²) in [7, 11) is 0. The average Bonchev–Trinajstić information content (AvgIpc) is 3.10. The van der Waals surface area contributed by atoms with Gasteiger partial charge < -0.3 is 5.11 Å². The predicted octanol–water partition coefficient (Wildman–Crippen LogP) is 7.96. The molecule has 0 spiro atoms. The molecule has 1 heterocycles. The van der Waals surface area contributed by atoms with Crippen LogP contribution in [0.1, 0.15) is 11.1 Å². The number of nitrogens with zero attached hydrogens (tertiary/aromatic N) is 2. The molecule has 0 aliphatic rings. The van der Waals surface area contributed by atoms with Gasteiger partial charge in [-0.15, -0.1) is 11.3 Å². The van der Waals surface area contributed by atoms with E-state index in [1.54, 1.807) is 35.4 Å². The molecule has 29 heavy (non-hydrogen) atoms. The van der Waals surface area contributed by atoms with E-state index in [0.717, 1.165) is 29.4 Å². The Labute approximate surface area is 199 Å². The van der Waals surface area contributed by atoms with Gasteiger partial charge in [0.1, 0.15) is 5.75 Å². The second-order valence-electron chi connectivity index (χ2n) is 6.08. The standard InChI is InChI=1S/C21H13Cl2IN2OS2/c22-16-2-1-3-17(23)15(16)11-28-21-26-18-6-5-14(9-20(18)29-21)25-10-12-8-13(24)4-7-19(12)27/h1-10,27H,11H2. The molecule has 4 aromatic rings. The fraction of sp³-hybridized carbons (Fsp3) is 0.0476. The zero-order chi connectivity index (χ0) is 20.4. The van der Waals surface area contributed by atoms with E-state index in [1.165, 1.54) is 0 Å². The average molecular weight is 571 g/mol. The summed E-state index contributed by atoms with van der Waals surface area (Å²) in [5, 5.41) is 11.3. The monoisotopic (exact) mass is 570 g/mol. The van der Waals surface area contributed by atoms with Crippen molar-refractivity contribution in [1.82, 2.24) is 4.98 Å². The van der Waals surface area contributed by atoms with Gasteiger partial charge in [0.25, 0.3) is 0 Å². The molecule has 1 aromatic heterocycles. The van der Waals surface area contributed by atoms with Gasteiger partial charge in [-0.3, -0.25) is 4.99 Å². The topological polar surface area (TPSA) is 45.5 Å². The molecule has 4 rings (SSSR count). The largest absolute Gasteiger partial charge is 0.507 e. The number of hydrogen-bond acceptors (Lipinski definition) is 5. The number of rotatable bonds is 5. The van der Waals surface area contributed by atoms with Crippen molar-refractivity contribution in [2.24, 2.45) is 4.99 Å². The molecule has 0 amide bonds. The highest BCUT2D eigenvalue weighted by Gasteiger charge is 2.10. The molecule has 0 unspecified atom stereocenters. The van der Waals surface area contributed by atoms with E-state index in [2.05, 4.69) is 32.6 Å². The molecule has 0 aliphatic carbocycles. The van der Waals surface area contributed by atoms with E-state index in [9.17, 15) is 5.11 Å². The number of phenols is 1. The van der Waals surface area contributed by atoms with Gasteiger partial charge in [0, 0.05) is 31.1 Å². The highest BCUT2D eigenvalue weighted by molar-refractivity contribution is 14.1. The Morgan fingerprint density at radius 3 is 2.69 bits per heavy atom. The normalized spacial score (nSPS) is 11.6. The second kappa shape index (κ2) is 9.22. The molecule has 0 aliphatic heterocycles. The van der Waals surface area contributed by atoms with Gasteiger partial charge in [-0.1, -0.05) is 41.0 Å². The molecule has 3 aromatic carbocycles. The molecule has 8 heteroatoms. The Balaban J connectivity index is 1.53. The third-order valence-corrected chi connectivity index (χ3v) is 7.66. The van der Waals surface area contributed by atoms with E-state index in [0.29, 0.717) is 21.4 Å². The lowest BCUT2D eigenvalue weighted by Crippen LogP contribution is -1.84. The minimum atomic E-state index is 0.213. The lowest BCUT2D eigenvalue weighted by Gasteiger charge is -2.04. The second-order valence-corrected chi connectivity index (χ2v) is 10.4.